The van der Waals surface area contributed by atoms with Crippen molar-refractivity contribution < 1.29 is 0 Å². The maximum atomic E-state index is 5.43. The van der Waals surface area contributed by atoms with Crippen LogP contribution in [0.25, 0.3) is 0 Å². The quantitative estimate of drug-likeness (QED) is 0.639. The van der Waals surface area contributed by atoms with Crippen LogP contribution in [0.5, 0.6) is 0 Å². The molecule has 0 bridgehead atoms. The molecule has 4 heteroatoms. The van der Waals surface area contributed by atoms with E-state index in [1.54, 1.807) is 6.20 Å². The molecular formula is C15H18N4. The number of nitrogens with zero attached hydrogens (tertiary/aromatic N) is 2. The van der Waals surface area contributed by atoms with Gasteiger partial charge in [-0.3, -0.25) is 0 Å². The predicted octanol–water partition coefficient (Wildman–Crippen LogP) is 2.76. The number of hydrogen-bond donors (Lipinski definition) is 2. The number of aromatic nitrogens is 1. The van der Waals surface area contributed by atoms with Gasteiger partial charge in [0.15, 0.2) is 0 Å². The molecule has 1 aliphatic rings. The highest BCUT2D eigenvalue weighted by Crippen LogP contribution is 2.34. The number of nitrogen functional groups attached to an aromatic ring is 1. The van der Waals surface area contributed by atoms with Crippen LogP contribution in [0.3, 0.4) is 0 Å². The first-order chi connectivity index (χ1) is 9.28. The third-order valence-electron chi connectivity index (χ3n) is 3.56. The van der Waals surface area contributed by atoms with Crippen molar-refractivity contribution in [2.75, 3.05) is 16.9 Å². The molecule has 0 aliphatic carbocycles. The third-order valence-corrected chi connectivity index (χ3v) is 3.56. The minimum absolute atomic E-state index is 0.691. The van der Waals surface area contributed by atoms with Gasteiger partial charge in [-0.25, -0.2) is 10.8 Å². The highest BCUT2D eigenvalue weighted by Gasteiger charge is 2.18. The predicted molar refractivity (Wildman–Crippen MR) is 78.6 cm³/mol. The van der Waals surface area contributed by atoms with E-state index in [1.807, 2.05) is 12.1 Å². The van der Waals surface area contributed by atoms with Crippen LogP contribution in [0, 0.1) is 6.92 Å². The Morgan fingerprint density at radius 2 is 2.16 bits per heavy atom. The second-order valence-electron chi connectivity index (χ2n) is 4.93. The van der Waals surface area contributed by atoms with Gasteiger partial charge in [0.05, 0.1) is 0 Å². The molecular weight excluding hydrogens is 236 g/mol. The van der Waals surface area contributed by atoms with Gasteiger partial charge < -0.3 is 10.3 Å². The van der Waals surface area contributed by atoms with Crippen molar-refractivity contribution in [3.63, 3.8) is 0 Å². The lowest BCUT2D eigenvalue weighted by Gasteiger charge is -2.31. The summed E-state index contributed by atoms with van der Waals surface area (Å²) in [6.45, 7) is 3.17. The maximum absolute atomic E-state index is 5.43. The summed E-state index contributed by atoms with van der Waals surface area (Å²) in [6, 6.07) is 10.7. The standard InChI is InChI=1S/C15H18N4/c1-11-4-5-14-12(9-11)3-2-8-19(14)13-6-7-17-15(10-13)18-16/h4-7,9-10H,2-3,8,16H2,1H3,(H,17,18). The van der Waals surface area contributed by atoms with Gasteiger partial charge in [0.25, 0.3) is 0 Å². The summed E-state index contributed by atoms with van der Waals surface area (Å²) < 4.78 is 0. The summed E-state index contributed by atoms with van der Waals surface area (Å²) in [4.78, 5) is 6.49. The van der Waals surface area contributed by atoms with Crippen LogP contribution in [0.1, 0.15) is 17.5 Å². The molecule has 0 radical (unpaired) electrons. The summed E-state index contributed by atoms with van der Waals surface area (Å²) in [7, 11) is 0. The SMILES string of the molecule is Cc1ccc2c(c1)CCCN2c1ccnc(NN)c1. The summed E-state index contributed by atoms with van der Waals surface area (Å²) in [5.41, 5.74) is 7.77. The number of nitrogens with two attached hydrogens (primary N) is 1. The van der Waals surface area contributed by atoms with Crippen molar-refractivity contribution in [2.24, 2.45) is 5.84 Å². The highest BCUT2D eigenvalue weighted by molar-refractivity contribution is 5.69. The van der Waals surface area contributed by atoms with E-state index in [0.29, 0.717) is 5.82 Å². The van der Waals surface area contributed by atoms with E-state index in [1.165, 1.54) is 23.2 Å². The Bertz CT molecular complexity index is 594. The third kappa shape index (κ3) is 2.27. The smallest absolute Gasteiger partial charge is 0.141 e. The first-order valence-electron chi connectivity index (χ1n) is 6.57. The maximum Gasteiger partial charge on any atom is 0.141 e. The molecule has 0 saturated heterocycles. The van der Waals surface area contributed by atoms with Crippen LogP contribution in [0.4, 0.5) is 17.2 Å². The minimum Gasteiger partial charge on any atom is -0.341 e. The Balaban J connectivity index is 2.03. The zero-order valence-corrected chi connectivity index (χ0v) is 11.1. The summed E-state index contributed by atoms with van der Waals surface area (Å²) in [6.07, 6.45) is 4.11. The zero-order chi connectivity index (χ0) is 13.2. The molecule has 1 aromatic carbocycles. The molecule has 1 aromatic heterocycles. The molecule has 0 spiro atoms. The Morgan fingerprint density at radius 1 is 1.26 bits per heavy atom. The summed E-state index contributed by atoms with van der Waals surface area (Å²) in [5.74, 6) is 6.12. The van der Waals surface area contributed by atoms with Crippen molar-refractivity contribution in [1.82, 2.24) is 4.98 Å². The van der Waals surface area contributed by atoms with E-state index >= 15 is 0 Å². The molecule has 3 N–H and O–H groups in total. The van der Waals surface area contributed by atoms with Crippen LogP contribution in [-0.2, 0) is 6.42 Å². The first kappa shape index (κ1) is 12.0. The Hall–Kier alpha value is -2.07. The molecule has 3 rings (SSSR count). The van der Waals surface area contributed by atoms with E-state index in [-0.39, 0.29) is 0 Å². The van der Waals surface area contributed by atoms with Gasteiger partial charge in [0.2, 0.25) is 0 Å². The fourth-order valence-electron chi connectivity index (χ4n) is 2.66. The number of hydrazine groups is 1. The molecule has 0 atom stereocenters. The molecule has 4 nitrogen and oxygen atoms in total. The van der Waals surface area contributed by atoms with Crippen LogP contribution < -0.4 is 16.2 Å². The van der Waals surface area contributed by atoms with Gasteiger partial charge >= 0.3 is 0 Å². The Labute approximate surface area is 113 Å². The van der Waals surface area contributed by atoms with Gasteiger partial charge in [-0.05, 0) is 37.5 Å². The van der Waals surface area contributed by atoms with Gasteiger partial charge in [-0.1, -0.05) is 17.7 Å². The largest absolute Gasteiger partial charge is 0.341 e. The number of rotatable bonds is 2. The van der Waals surface area contributed by atoms with Gasteiger partial charge in [-0.2, -0.15) is 0 Å². The number of nitrogens with one attached hydrogen (secondary N) is 1. The van der Waals surface area contributed by atoms with Crippen LogP contribution in [-0.4, -0.2) is 11.5 Å². The molecule has 2 heterocycles. The van der Waals surface area contributed by atoms with Crippen molar-refractivity contribution in [2.45, 2.75) is 19.8 Å². The average Bonchev–Trinajstić information content (AvgIpc) is 2.46. The minimum atomic E-state index is 0.691. The lowest BCUT2D eigenvalue weighted by molar-refractivity contribution is 0.765. The Kier molecular flexibility index (Phi) is 3.09. The summed E-state index contributed by atoms with van der Waals surface area (Å²) >= 11 is 0. The van der Waals surface area contributed by atoms with Crippen molar-refractivity contribution in [3.8, 4) is 0 Å². The fraction of sp³-hybridized carbons (Fsp3) is 0.267. The number of hydrogen-bond acceptors (Lipinski definition) is 4. The Morgan fingerprint density at radius 3 is 3.00 bits per heavy atom. The van der Waals surface area contributed by atoms with E-state index in [9.17, 15) is 0 Å². The molecule has 2 aromatic rings. The van der Waals surface area contributed by atoms with Crippen molar-refractivity contribution in [3.05, 3.63) is 47.7 Å². The highest BCUT2D eigenvalue weighted by atomic mass is 15.3. The van der Waals surface area contributed by atoms with Crippen LogP contribution in [0.2, 0.25) is 0 Å². The molecule has 0 amide bonds. The fourth-order valence-corrected chi connectivity index (χ4v) is 2.66. The number of pyridine rings is 1. The van der Waals surface area contributed by atoms with E-state index in [2.05, 4.69) is 40.4 Å². The van der Waals surface area contributed by atoms with Crippen LogP contribution in [0.15, 0.2) is 36.5 Å². The molecule has 98 valence electrons. The molecule has 1 aliphatic heterocycles. The topological polar surface area (TPSA) is 54.2 Å². The van der Waals surface area contributed by atoms with Crippen molar-refractivity contribution >= 4 is 17.2 Å². The first-order valence-corrected chi connectivity index (χ1v) is 6.57. The second-order valence-corrected chi connectivity index (χ2v) is 4.93. The van der Waals surface area contributed by atoms with Gasteiger partial charge in [-0.15, -0.1) is 0 Å². The lowest BCUT2D eigenvalue weighted by atomic mass is 9.99. The van der Waals surface area contributed by atoms with E-state index in [0.717, 1.165) is 18.7 Å². The number of benzene rings is 1. The number of anilines is 3. The van der Waals surface area contributed by atoms with E-state index < -0.39 is 0 Å². The molecule has 0 saturated carbocycles. The van der Waals surface area contributed by atoms with Gasteiger partial charge in [0.1, 0.15) is 5.82 Å². The van der Waals surface area contributed by atoms with Crippen LogP contribution >= 0.6 is 0 Å². The van der Waals surface area contributed by atoms with Crippen molar-refractivity contribution in [1.29, 1.82) is 0 Å². The molecule has 19 heavy (non-hydrogen) atoms. The summed E-state index contributed by atoms with van der Waals surface area (Å²) in [5, 5.41) is 0. The second kappa shape index (κ2) is 4.90. The number of fused-ring (bicyclic) bond motifs is 1. The average molecular weight is 254 g/mol. The normalized spacial score (nSPS) is 14.1. The molecule has 0 fully saturated rings. The zero-order valence-electron chi connectivity index (χ0n) is 11.1. The van der Waals surface area contributed by atoms with Gasteiger partial charge in [0, 0.05) is 30.2 Å². The monoisotopic (exact) mass is 254 g/mol. The molecule has 0 unspecified atom stereocenters. The number of aryl methyl sites for hydroxylation is 2. The lowest BCUT2D eigenvalue weighted by Crippen LogP contribution is -2.24. The van der Waals surface area contributed by atoms with E-state index in [4.69, 9.17) is 5.84 Å².